The fraction of sp³-hybridized carbons (Fsp3) is 0.263. The Kier molecular flexibility index (Phi) is 3.96. The number of anilines is 1. The number of benzene rings is 1. The number of nitrogen functional groups attached to an aromatic ring is 1. The summed E-state index contributed by atoms with van der Waals surface area (Å²) in [5.74, 6) is -0.279. The minimum Gasteiger partial charge on any atom is -0.397 e. The Morgan fingerprint density at radius 3 is 2.81 bits per heavy atom. The molecule has 1 aliphatic heterocycles. The number of hydrogen-bond acceptors (Lipinski definition) is 6. The summed E-state index contributed by atoms with van der Waals surface area (Å²) < 4.78 is 15.2. The Bertz CT molecular complexity index is 1090. The van der Waals surface area contributed by atoms with E-state index < -0.39 is 5.67 Å². The van der Waals surface area contributed by atoms with Gasteiger partial charge < -0.3 is 10.6 Å². The van der Waals surface area contributed by atoms with Gasteiger partial charge in [0.1, 0.15) is 9.71 Å². The monoisotopic (exact) mass is 383 g/mol. The van der Waals surface area contributed by atoms with Crippen LogP contribution in [-0.4, -0.2) is 40.8 Å². The van der Waals surface area contributed by atoms with Gasteiger partial charge in [-0.25, -0.2) is 4.39 Å². The molecule has 8 heteroatoms. The first-order valence-corrected chi connectivity index (χ1v) is 9.23. The maximum absolute atomic E-state index is 15.2. The normalized spacial score (nSPS) is 15.6. The average Bonchev–Trinajstić information content (AvgIpc) is 2.99. The maximum atomic E-state index is 15.2. The summed E-state index contributed by atoms with van der Waals surface area (Å²) in [6, 6.07) is 6.85. The molecular weight excluding hydrogens is 365 g/mol. The second kappa shape index (κ2) is 6.09. The van der Waals surface area contributed by atoms with Gasteiger partial charge in [-0.2, -0.15) is 5.10 Å². The minimum atomic E-state index is -1.59. The lowest BCUT2D eigenvalue weighted by Gasteiger charge is -2.44. The quantitative estimate of drug-likeness (QED) is 0.701. The number of fused-ring (bicyclic) bond motifs is 1. The summed E-state index contributed by atoms with van der Waals surface area (Å²) in [7, 11) is 0. The molecule has 0 aliphatic carbocycles. The summed E-state index contributed by atoms with van der Waals surface area (Å²) in [5.41, 5.74) is 7.81. The second-order valence-corrected chi connectivity index (χ2v) is 7.77. The van der Waals surface area contributed by atoms with Gasteiger partial charge in [-0.05, 0) is 43.8 Å². The van der Waals surface area contributed by atoms with Crippen molar-refractivity contribution >= 4 is 45.6 Å². The summed E-state index contributed by atoms with van der Waals surface area (Å²) >= 11 is 1.20. The van der Waals surface area contributed by atoms with E-state index in [9.17, 15) is 4.79 Å². The predicted octanol–water partition coefficient (Wildman–Crippen LogP) is 3.54. The molecule has 1 aliphatic rings. The molecule has 0 bridgehead atoms. The molecule has 0 radical (unpaired) electrons. The Balaban J connectivity index is 1.60. The van der Waals surface area contributed by atoms with E-state index in [1.807, 2.05) is 13.8 Å². The fourth-order valence-electron chi connectivity index (χ4n) is 3.31. The van der Waals surface area contributed by atoms with Gasteiger partial charge >= 0.3 is 0 Å². The molecule has 27 heavy (non-hydrogen) atoms. The van der Waals surface area contributed by atoms with Crippen LogP contribution in [0.2, 0.25) is 0 Å². The third-order valence-corrected chi connectivity index (χ3v) is 6.12. The molecule has 0 spiro atoms. The van der Waals surface area contributed by atoms with Crippen molar-refractivity contribution in [3.8, 4) is 0 Å². The molecule has 0 atom stereocenters. The van der Waals surface area contributed by atoms with Gasteiger partial charge in [-0.15, -0.1) is 16.4 Å². The first kappa shape index (κ1) is 17.5. The van der Waals surface area contributed by atoms with Gasteiger partial charge in [-0.1, -0.05) is 12.1 Å². The summed E-state index contributed by atoms with van der Waals surface area (Å²) in [4.78, 5) is 19.2. The lowest BCUT2D eigenvalue weighted by molar-refractivity contribution is -0.0227. The third kappa shape index (κ3) is 2.68. The summed E-state index contributed by atoms with van der Waals surface area (Å²) in [6.45, 7) is 7.17. The van der Waals surface area contributed by atoms with E-state index >= 15 is 4.39 Å². The Labute approximate surface area is 159 Å². The van der Waals surface area contributed by atoms with Crippen LogP contribution < -0.4 is 5.73 Å². The van der Waals surface area contributed by atoms with E-state index in [4.69, 9.17) is 5.73 Å². The fourth-order valence-corrected chi connectivity index (χ4v) is 4.38. The zero-order valence-electron chi connectivity index (χ0n) is 15.0. The number of likely N-dealkylation sites (tertiary alicyclic amines) is 1. The van der Waals surface area contributed by atoms with Crippen LogP contribution in [0.5, 0.6) is 0 Å². The molecule has 1 fully saturated rings. The number of aryl methyl sites for hydroxylation is 2. The van der Waals surface area contributed by atoms with Gasteiger partial charge in [0, 0.05) is 5.39 Å². The van der Waals surface area contributed by atoms with Crippen molar-refractivity contribution in [1.82, 2.24) is 15.1 Å². The molecule has 0 saturated carbocycles. The Morgan fingerprint density at radius 1 is 1.37 bits per heavy atom. The molecule has 3 aromatic rings. The number of thiophene rings is 1. The summed E-state index contributed by atoms with van der Waals surface area (Å²) in [6.07, 6.45) is 0. The Morgan fingerprint density at radius 2 is 2.11 bits per heavy atom. The van der Waals surface area contributed by atoms with Crippen molar-refractivity contribution in [2.24, 2.45) is 4.99 Å². The number of rotatable bonds is 3. The van der Waals surface area contributed by atoms with E-state index in [1.165, 1.54) is 16.2 Å². The first-order valence-electron chi connectivity index (χ1n) is 8.41. The van der Waals surface area contributed by atoms with Crippen LogP contribution in [0.3, 0.4) is 0 Å². The highest BCUT2D eigenvalue weighted by Gasteiger charge is 2.48. The topological polar surface area (TPSA) is 84.5 Å². The molecule has 6 nitrogen and oxygen atoms in total. The predicted molar refractivity (Wildman–Crippen MR) is 106 cm³/mol. The average molecular weight is 383 g/mol. The van der Waals surface area contributed by atoms with Gasteiger partial charge in [0.2, 0.25) is 0 Å². The van der Waals surface area contributed by atoms with Crippen LogP contribution >= 0.6 is 11.3 Å². The highest BCUT2D eigenvalue weighted by atomic mass is 32.1. The number of carbonyl (C=O) groups excluding carboxylic acids is 1. The third-order valence-electron chi connectivity index (χ3n) is 5.05. The molecule has 1 aromatic carbocycles. The number of halogens is 1. The number of aliphatic imine (C=N–C) groups is 1. The SMILES string of the molecule is C=Nc1cccc(C2(F)CN(C(=O)c3sc4nnc(C)c(C)c4c3N)C2)c1. The van der Waals surface area contributed by atoms with Crippen LogP contribution in [0.4, 0.5) is 15.8 Å². The maximum Gasteiger partial charge on any atom is 0.266 e. The molecule has 4 rings (SSSR count). The van der Waals surface area contributed by atoms with E-state index in [2.05, 4.69) is 21.9 Å². The van der Waals surface area contributed by atoms with Crippen LogP contribution in [0.25, 0.3) is 10.2 Å². The van der Waals surface area contributed by atoms with Crippen LogP contribution in [0, 0.1) is 13.8 Å². The van der Waals surface area contributed by atoms with E-state index in [0.29, 0.717) is 26.6 Å². The minimum absolute atomic E-state index is 0.0240. The molecule has 1 saturated heterocycles. The van der Waals surface area contributed by atoms with Gasteiger partial charge in [-0.3, -0.25) is 9.79 Å². The molecule has 2 aromatic heterocycles. The molecule has 0 unspecified atom stereocenters. The number of aromatic nitrogens is 2. The highest BCUT2D eigenvalue weighted by Crippen LogP contribution is 2.41. The zero-order chi connectivity index (χ0) is 19.3. The van der Waals surface area contributed by atoms with Gasteiger partial charge in [0.05, 0.1) is 30.2 Å². The van der Waals surface area contributed by atoms with E-state index in [1.54, 1.807) is 24.3 Å². The van der Waals surface area contributed by atoms with Crippen molar-refractivity contribution in [3.05, 3.63) is 46.0 Å². The van der Waals surface area contributed by atoms with Crippen molar-refractivity contribution in [3.63, 3.8) is 0 Å². The van der Waals surface area contributed by atoms with Gasteiger partial charge in [0.25, 0.3) is 5.91 Å². The largest absolute Gasteiger partial charge is 0.397 e. The van der Waals surface area contributed by atoms with Crippen molar-refractivity contribution in [2.45, 2.75) is 19.5 Å². The first-order chi connectivity index (χ1) is 12.8. The molecule has 138 valence electrons. The van der Waals surface area contributed by atoms with E-state index in [-0.39, 0.29) is 19.0 Å². The lowest BCUT2D eigenvalue weighted by atomic mass is 9.87. The van der Waals surface area contributed by atoms with Crippen LogP contribution in [0.15, 0.2) is 29.3 Å². The molecule has 1 amide bonds. The number of nitrogens with two attached hydrogens (primary N) is 1. The van der Waals surface area contributed by atoms with Crippen LogP contribution in [-0.2, 0) is 5.67 Å². The lowest BCUT2D eigenvalue weighted by Crippen LogP contribution is -2.58. The smallest absolute Gasteiger partial charge is 0.266 e. The zero-order valence-corrected chi connectivity index (χ0v) is 15.8. The van der Waals surface area contributed by atoms with Crippen molar-refractivity contribution in [1.29, 1.82) is 0 Å². The van der Waals surface area contributed by atoms with Gasteiger partial charge in [0.15, 0.2) is 5.67 Å². The highest BCUT2D eigenvalue weighted by molar-refractivity contribution is 7.21. The Hall–Kier alpha value is -2.87. The number of hydrogen-bond donors (Lipinski definition) is 1. The molecular formula is C19H18FN5OS. The molecule has 3 heterocycles. The number of amides is 1. The second-order valence-electron chi connectivity index (χ2n) is 6.77. The number of carbonyl (C=O) groups is 1. The standard InChI is InChI=1S/C19H18FN5OS/c1-10-11(2)23-24-17-14(10)15(21)16(27-17)18(26)25-8-19(20,9-25)12-5-4-6-13(7-12)22-3/h4-7H,3,8-9,21H2,1-2H3. The summed E-state index contributed by atoms with van der Waals surface area (Å²) in [5, 5.41) is 8.97. The van der Waals surface area contributed by atoms with Crippen LogP contribution in [0.1, 0.15) is 26.5 Å². The van der Waals surface area contributed by atoms with Crippen molar-refractivity contribution in [2.75, 3.05) is 18.8 Å². The van der Waals surface area contributed by atoms with Crippen molar-refractivity contribution < 1.29 is 9.18 Å². The number of alkyl halides is 1. The van der Waals surface area contributed by atoms with E-state index in [0.717, 1.165) is 16.6 Å². The number of nitrogens with zero attached hydrogens (tertiary/aromatic N) is 4. The molecule has 2 N–H and O–H groups in total.